The van der Waals surface area contributed by atoms with Crippen LogP contribution in [0.4, 0.5) is 0 Å². The Morgan fingerprint density at radius 2 is 2.46 bits per heavy atom. The van der Waals surface area contributed by atoms with Crippen LogP contribution in [0.1, 0.15) is 11.7 Å². The lowest BCUT2D eigenvalue weighted by Crippen LogP contribution is -1.77. The number of hydrogen-bond donors (Lipinski definition) is 0. The number of hydrogen-bond acceptors (Lipinski definition) is 3. The molecule has 0 amide bonds. The largest absolute Gasteiger partial charge is 0.444 e. The molecule has 0 atom stereocenters. The van der Waals surface area contributed by atoms with E-state index in [0.717, 1.165) is 22.2 Å². The Balaban J connectivity index is 2.50. The van der Waals surface area contributed by atoms with E-state index in [9.17, 15) is 0 Å². The molecule has 0 saturated carbocycles. The number of alkyl halides is 1. The summed E-state index contributed by atoms with van der Waals surface area (Å²) in [4.78, 5) is 5.50. The minimum absolute atomic E-state index is 0.709. The summed E-state index contributed by atoms with van der Waals surface area (Å²) in [7, 11) is 0. The van der Waals surface area contributed by atoms with Gasteiger partial charge < -0.3 is 4.42 Å². The highest BCUT2D eigenvalue weighted by Crippen LogP contribution is 2.28. The summed E-state index contributed by atoms with van der Waals surface area (Å²) < 4.78 is 5.44. The summed E-state index contributed by atoms with van der Waals surface area (Å²) in [5.41, 5.74) is 0.962. The molecule has 0 aliphatic heterocycles. The quantitative estimate of drug-likeness (QED) is 0.769. The number of aryl methyl sites for hydroxylation is 1. The van der Waals surface area contributed by atoms with Gasteiger partial charge >= 0.3 is 0 Å². The molecule has 0 radical (unpaired) electrons. The average Bonchev–Trinajstić information content (AvgIpc) is 2.71. The second kappa shape index (κ2) is 3.64. The van der Waals surface area contributed by atoms with Crippen molar-refractivity contribution in [1.29, 1.82) is 0 Å². The number of oxazole rings is 1. The third-order valence-corrected chi connectivity index (χ3v) is 3.07. The molecular formula is C9H8BrNOS. The molecule has 13 heavy (non-hydrogen) atoms. The molecule has 0 aliphatic carbocycles. The summed E-state index contributed by atoms with van der Waals surface area (Å²) in [6, 6.07) is 4.07. The van der Waals surface area contributed by atoms with Gasteiger partial charge in [0.25, 0.3) is 0 Å². The Bertz CT molecular complexity index is 394. The molecule has 2 nitrogen and oxygen atoms in total. The van der Waals surface area contributed by atoms with Crippen LogP contribution in [0.25, 0.3) is 10.6 Å². The van der Waals surface area contributed by atoms with Crippen LogP contribution in [0.2, 0.25) is 0 Å². The van der Waals surface area contributed by atoms with Gasteiger partial charge in [0.2, 0.25) is 0 Å². The van der Waals surface area contributed by atoms with Crippen LogP contribution in [-0.2, 0) is 5.33 Å². The second-order valence-electron chi connectivity index (χ2n) is 2.62. The van der Waals surface area contributed by atoms with Crippen LogP contribution in [0.3, 0.4) is 0 Å². The summed E-state index contributed by atoms with van der Waals surface area (Å²) in [5, 5.41) is 2.75. The highest BCUT2D eigenvalue weighted by atomic mass is 79.9. The van der Waals surface area contributed by atoms with E-state index >= 15 is 0 Å². The molecule has 0 spiro atoms. The molecule has 0 saturated heterocycles. The maximum atomic E-state index is 5.44. The molecule has 0 fully saturated rings. The third-order valence-electron chi connectivity index (χ3n) is 1.68. The van der Waals surface area contributed by atoms with Gasteiger partial charge in [-0.25, -0.2) is 4.98 Å². The van der Waals surface area contributed by atoms with Gasteiger partial charge in [0.05, 0.1) is 10.2 Å². The van der Waals surface area contributed by atoms with Crippen molar-refractivity contribution >= 4 is 27.3 Å². The van der Waals surface area contributed by atoms with Crippen LogP contribution in [0, 0.1) is 6.92 Å². The van der Waals surface area contributed by atoms with E-state index in [-0.39, 0.29) is 0 Å². The van der Waals surface area contributed by atoms with Gasteiger partial charge in [0, 0.05) is 6.92 Å². The number of thiophene rings is 1. The minimum atomic E-state index is 0.709. The predicted octanol–water partition coefficient (Wildman–Crippen LogP) is 3.61. The van der Waals surface area contributed by atoms with Gasteiger partial charge in [-0.3, -0.25) is 0 Å². The molecule has 0 N–H and O–H groups in total. The van der Waals surface area contributed by atoms with Gasteiger partial charge in [-0.15, -0.1) is 11.3 Å². The van der Waals surface area contributed by atoms with Crippen LogP contribution >= 0.6 is 27.3 Å². The molecule has 0 unspecified atom stereocenters. The maximum Gasteiger partial charge on any atom is 0.191 e. The monoisotopic (exact) mass is 257 g/mol. The maximum absolute atomic E-state index is 5.44. The lowest BCUT2D eigenvalue weighted by Gasteiger charge is -1.91. The van der Waals surface area contributed by atoms with Gasteiger partial charge in [-0.05, 0) is 11.4 Å². The fourth-order valence-corrected chi connectivity index (χ4v) is 2.28. The van der Waals surface area contributed by atoms with Gasteiger partial charge in [-0.2, -0.15) is 0 Å². The van der Waals surface area contributed by atoms with Gasteiger partial charge in [0.1, 0.15) is 11.5 Å². The van der Waals surface area contributed by atoms with Crippen LogP contribution < -0.4 is 0 Å². The Hall–Kier alpha value is -0.610. The van der Waals surface area contributed by atoms with E-state index in [1.54, 1.807) is 11.3 Å². The van der Waals surface area contributed by atoms with Crippen LogP contribution in [0.5, 0.6) is 0 Å². The zero-order valence-electron chi connectivity index (χ0n) is 7.08. The Labute approximate surface area is 88.7 Å². The zero-order chi connectivity index (χ0) is 9.26. The fourth-order valence-electron chi connectivity index (χ4n) is 1.17. The molecule has 0 aliphatic rings. The number of aromatic nitrogens is 1. The van der Waals surface area contributed by atoms with E-state index in [4.69, 9.17) is 4.42 Å². The molecule has 2 heterocycles. The topological polar surface area (TPSA) is 26.0 Å². The Kier molecular flexibility index (Phi) is 2.51. The van der Waals surface area contributed by atoms with Crippen molar-refractivity contribution in [3.63, 3.8) is 0 Å². The molecule has 2 aromatic rings. The van der Waals surface area contributed by atoms with Crippen LogP contribution in [-0.4, -0.2) is 4.98 Å². The van der Waals surface area contributed by atoms with Crippen LogP contribution in [0.15, 0.2) is 21.9 Å². The Morgan fingerprint density at radius 1 is 1.62 bits per heavy atom. The summed E-state index contributed by atoms with van der Waals surface area (Å²) in [6.07, 6.45) is 0. The number of halogens is 1. The fraction of sp³-hybridized carbons (Fsp3) is 0.222. The van der Waals surface area contributed by atoms with Crippen molar-refractivity contribution in [3.05, 3.63) is 29.2 Å². The molecule has 0 aromatic carbocycles. The van der Waals surface area contributed by atoms with Crippen molar-refractivity contribution in [3.8, 4) is 10.6 Å². The first-order chi connectivity index (χ1) is 6.31. The highest BCUT2D eigenvalue weighted by molar-refractivity contribution is 9.08. The van der Waals surface area contributed by atoms with E-state index < -0.39 is 0 Å². The van der Waals surface area contributed by atoms with Crippen molar-refractivity contribution in [2.75, 3.05) is 0 Å². The van der Waals surface area contributed by atoms with Gasteiger partial charge in [0.15, 0.2) is 5.89 Å². The number of rotatable bonds is 2. The average molecular weight is 258 g/mol. The molecular weight excluding hydrogens is 250 g/mol. The molecule has 2 rings (SSSR count). The SMILES string of the molecule is Cc1nc(-c2cccs2)c(CBr)o1. The summed E-state index contributed by atoms with van der Waals surface area (Å²) in [5.74, 6) is 1.62. The highest BCUT2D eigenvalue weighted by Gasteiger charge is 2.12. The standard InChI is InChI=1S/C9H8BrNOS/c1-6-11-9(7(5-10)12-6)8-3-2-4-13-8/h2-4H,5H2,1H3. The first kappa shape index (κ1) is 8.97. The molecule has 68 valence electrons. The molecule has 2 aromatic heterocycles. The first-order valence-corrected chi connectivity index (χ1v) is 5.87. The zero-order valence-corrected chi connectivity index (χ0v) is 9.48. The second-order valence-corrected chi connectivity index (χ2v) is 4.12. The van der Waals surface area contributed by atoms with E-state index in [1.165, 1.54) is 0 Å². The van der Waals surface area contributed by atoms with Crippen molar-refractivity contribution < 1.29 is 4.42 Å². The first-order valence-electron chi connectivity index (χ1n) is 3.87. The van der Waals surface area contributed by atoms with Crippen molar-refractivity contribution in [2.24, 2.45) is 0 Å². The summed E-state index contributed by atoms with van der Waals surface area (Å²) in [6.45, 7) is 1.86. The van der Waals surface area contributed by atoms with E-state index in [0.29, 0.717) is 5.33 Å². The molecule has 0 bridgehead atoms. The normalized spacial score (nSPS) is 10.6. The number of nitrogens with zero attached hydrogens (tertiary/aromatic N) is 1. The van der Waals surface area contributed by atoms with Gasteiger partial charge in [-0.1, -0.05) is 22.0 Å². The van der Waals surface area contributed by atoms with E-state index in [2.05, 4.69) is 20.9 Å². The molecule has 4 heteroatoms. The van der Waals surface area contributed by atoms with Crippen molar-refractivity contribution in [1.82, 2.24) is 4.98 Å². The third kappa shape index (κ3) is 1.69. The van der Waals surface area contributed by atoms with E-state index in [1.807, 2.05) is 24.4 Å². The predicted molar refractivity (Wildman–Crippen MR) is 57.2 cm³/mol. The smallest absolute Gasteiger partial charge is 0.191 e. The Morgan fingerprint density at radius 3 is 3.08 bits per heavy atom. The summed E-state index contributed by atoms with van der Waals surface area (Å²) >= 11 is 5.05. The van der Waals surface area contributed by atoms with Crippen molar-refractivity contribution in [2.45, 2.75) is 12.3 Å². The lowest BCUT2D eigenvalue weighted by molar-refractivity contribution is 0.492. The minimum Gasteiger partial charge on any atom is -0.444 e. The lowest BCUT2D eigenvalue weighted by atomic mass is 10.3.